The number of Topliss-reactive ketones (excluding diaryl/α,β-unsaturated/α-hetero) is 5. The molecule has 0 rings (SSSR count). The molecule has 0 aliphatic carbocycles. The molecular formula is C63H126O6. The average Bonchev–Trinajstić information content (AvgIpc) is 3.17. The maximum atomic E-state index is 11.6. The third-order valence-electron chi connectivity index (χ3n) is 12.0. The van der Waals surface area contributed by atoms with E-state index in [-0.39, 0.29) is 27.1 Å². The van der Waals surface area contributed by atoms with Crippen LogP contribution in [0.2, 0.25) is 0 Å². The van der Waals surface area contributed by atoms with Gasteiger partial charge in [0.2, 0.25) is 0 Å². The summed E-state index contributed by atoms with van der Waals surface area (Å²) in [7, 11) is 0. The highest BCUT2D eigenvalue weighted by Gasteiger charge is 2.23. The second-order valence-electron chi connectivity index (χ2n) is 27.5. The summed E-state index contributed by atoms with van der Waals surface area (Å²) in [6.45, 7) is 53.7. The van der Waals surface area contributed by atoms with Crippen LogP contribution in [0.3, 0.4) is 0 Å². The third-order valence-corrected chi connectivity index (χ3v) is 12.0. The number of carbonyl (C=O) groups is 5. The number of hydrogen-bond acceptors (Lipinski definition) is 6. The smallest absolute Gasteiger partial charge is 0.138 e. The van der Waals surface area contributed by atoms with Gasteiger partial charge >= 0.3 is 0 Å². The molecule has 0 saturated carbocycles. The Morgan fingerprint density at radius 3 is 0.739 bits per heavy atom. The predicted octanol–water partition coefficient (Wildman–Crippen LogP) is 19.5. The number of unbranched alkanes of at least 4 members (excludes halogenated alkanes) is 6. The number of ketones is 5. The van der Waals surface area contributed by atoms with E-state index in [2.05, 4.69) is 69.2 Å². The summed E-state index contributed by atoms with van der Waals surface area (Å²) in [6, 6.07) is 0. The summed E-state index contributed by atoms with van der Waals surface area (Å²) >= 11 is 0. The van der Waals surface area contributed by atoms with Crippen molar-refractivity contribution in [2.45, 2.75) is 308 Å². The summed E-state index contributed by atoms with van der Waals surface area (Å²) in [5, 5.41) is 0. The zero-order chi connectivity index (χ0) is 55.2. The molecule has 0 fully saturated rings. The van der Waals surface area contributed by atoms with E-state index in [1.54, 1.807) is 0 Å². The van der Waals surface area contributed by atoms with Crippen LogP contribution in [-0.2, 0) is 28.7 Å². The van der Waals surface area contributed by atoms with Gasteiger partial charge in [-0.3, -0.25) is 24.0 Å². The molecule has 414 valence electrons. The minimum absolute atomic E-state index is 0.141. The van der Waals surface area contributed by atoms with E-state index < -0.39 is 0 Å². The normalized spacial score (nSPS) is 12.1. The van der Waals surface area contributed by atoms with Crippen LogP contribution in [0.5, 0.6) is 0 Å². The SMILES string of the molecule is CC(C)CCCC(=O)C(C)(C)C.CC(C)CCCCC(=O)C(C)(C)C.CC(C)CCCCCC(=O)C(C)(C)C.CC(C)CCCCCCC(=O)C(C)(C)C.CC(C)CCOCCCC(=O)C(C)(C)C. The molecule has 0 heterocycles. The van der Waals surface area contributed by atoms with Crippen LogP contribution in [0.1, 0.15) is 308 Å². The third kappa shape index (κ3) is 60.5. The first kappa shape index (κ1) is 76.2. The summed E-state index contributed by atoms with van der Waals surface area (Å²) in [4.78, 5) is 57.7. The minimum Gasteiger partial charge on any atom is -0.381 e. The zero-order valence-corrected chi connectivity index (χ0v) is 51.6. The van der Waals surface area contributed by atoms with Gasteiger partial charge in [0.25, 0.3) is 0 Å². The van der Waals surface area contributed by atoms with Gasteiger partial charge in [-0.05, 0) is 68.1 Å². The Morgan fingerprint density at radius 1 is 0.261 bits per heavy atom. The van der Waals surface area contributed by atoms with Gasteiger partial charge < -0.3 is 4.74 Å². The topological polar surface area (TPSA) is 94.6 Å². The van der Waals surface area contributed by atoms with E-state index >= 15 is 0 Å². The number of ether oxygens (including phenoxy) is 1. The van der Waals surface area contributed by atoms with E-state index in [4.69, 9.17) is 4.74 Å². The second-order valence-corrected chi connectivity index (χ2v) is 27.5. The van der Waals surface area contributed by atoms with Crippen LogP contribution in [0.15, 0.2) is 0 Å². The molecule has 0 aromatic heterocycles. The van der Waals surface area contributed by atoms with Crippen LogP contribution in [0.25, 0.3) is 0 Å². The standard InChI is InChI=1S/C14H28O.C13H26O2.C13H26O.C12H24O.C11H22O/c1-12(2)10-8-6-7-9-11-13(15)14(3,4)5;1-11(2)8-10-15-9-6-7-12(14)13(3,4)5;1-11(2)9-7-6-8-10-12(14)13(3,4)5;1-10(2)8-6-7-9-11(13)12(3,4)5;1-9(2)7-6-8-10(12)11(3,4)5/h12H,6-11H2,1-5H3;11H,6-10H2,1-5H3;11H,6-10H2,1-5H3;10H,6-9H2,1-5H3;9H,6-8H2,1-5H3. The number of carbonyl (C=O) groups excluding carboxylic acids is 5. The van der Waals surface area contributed by atoms with Gasteiger partial charge in [0.15, 0.2) is 0 Å². The molecule has 69 heavy (non-hydrogen) atoms. The quantitative estimate of drug-likeness (QED) is 0.0693. The van der Waals surface area contributed by atoms with E-state index in [9.17, 15) is 24.0 Å². The van der Waals surface area contributed by atoms with Gasteiger partial charge in [0, 0.05) is 72.4 Å². The van der Waals surface area contributed by atoms with Gasteiger partial charge in [0.05, 0.1) is 0 Å². The fourth-order valence-corrected chi connectivity index (χ4v) is 6.35. The molecule has 0 radical (unpaired) electrons. The molecule has 0 atom stereocenters. The minimum atomic E-state index is -0.196. The molecule has 0 aromatic carbocycles. The van der Waals surface area contributed by atoms with Gasteiger partial charge in [-0.15, -0.1) is 0 Å². The van der Waals surface area contributed by atoms with Crippen molar-refractivity contribution >= 4 is 28.9 Å². The van der Waals surface area contributed by atoms with Crippen molar-refractivity contribution in [2.24, 2.45) is 56.7 Å². The van der Waals surface area contributed by atoms with Gasteiger partial charge in [0.1, 0.15) is 28.9 Å². The molecule has 0 saturated heterocycles. The predicted molar refractivity (Wildman–Crippen MR) is 304 cm³/mol. The van der Waals surface area contributed by atoms with Gasteiger partial charge in [-0.2, -0.15) is 0 Å². The number of rotatable bonds is 29. The summed E-state index contributed by atoms with van der Waals surface area (Å²) in [5.41, 5.74) is -0.761. The molecule has 0 unspecified atom stereocenters. The summed E-state index contributed by atoms with van der Waals surface area (Å²) in [6.07, 6.45) is 22.5. The molecule has 6 nitrogen and oxygen atoms in total. The lowest BCUT2D eigenvalue weighted by Crippen LogP contribution is -2.20. The molecule has 6 heteroatoms. The number of hydrogen-bond donors (Lipinski definition) is 0. The highest BCUT2D eigenvalue weighted by atomic mass is 16.5. The molecule has 0 N–H and O–H groups in total. The first-order valence-corrected chi connectivity index (χ1v) is 28.4. The van der Waals surface area contributed by atoms with Crippen molar-refractivity contribution in [2.75, 3.05) is 13.2 Å². The van der Waals surface area contributed by atoms with Gasteiger partial charge in [-0.25, -0.2) is 0 Å². The van der Waals surface area contributed by atoms with Crippen LogP contribution in [0, 0.1) is 56.7 Å². The Bertz CT molecular complexity index is 1220. The monoisotopic (exact) mass is 979 g/mol. The molecular weight excluding hydrogens is 853 g/mol. The Labute approximate surface area is 433 Å². The van der Waals surface area contributed by atoms with E-state index in [1.165, 1.54) is 64.2 Å². The van der Waals surface area contributed by atoms with Crippen LogP contribution in [0.4, 0.5) is 0 Å². The van der Waals surface area contributed by atoms with Crippen molar-refractivity contribution in [1.82, 2.24) is 0 Å². The largest absolute Gasteiger partial charge is 0.381 e. The lowest BCUT2D eigenvalue weighted by atomic mass is 9.87. The molecule has 0 aliphatic rings. The average molecular weight is 980 g/mol. The fourth-order valence-electron chi connectivity index (χ4n) is 6.35. The van der Waals surface area contributed by atoms with Crippen LogP contribution >= 0.6 is 0 Å². The summed E-state index contributed by atoms with van der Waals surface area (Å²) in [5.74, 6) is 5.74. The molecule has 0 aromatic rings. The van der Waals surface area contributed by atoms with Gasteiger partial charge in [-0.1, -0.05) is 237 Å². The van der Waals surface area contributed by atoms with E-state index in [0.717, 1.165) is 94.5 Å². The maximum absolute atomic E-state index is 11.6. The van der Waals surface area contributed by atoms with Crippen molar-refractivity contribution in [3.8, 4) is 0 Å². The van der Waals surface area contributed by atoms with Crippen molar-refractivity contribution in [3.05, 3.63) is 0 Å². The second kappa shape index (κ2) is 41.7. The Kier molecular flexibility index (Phi) is 46.1. The Hall–Kier alpha value is -1.69. The molecule has 0 bridgehead atoms. The van der Waals surface area contributed by atoms with Crippen LogP contribution < -0.4 is 0 Å². The first-order valence-electron chi connectivity index (χ1n) is 28.4. The Balaban J connectivity index is -0.000000248. The fraction of sp³-hybridized carbons (Fsp3) is 0.921. The lowest BCUT2D eigenvalue weighted by Gasteiger charge is -2.16. The molecule has 0 spiro atoms. The first-order chi connectivity index (χ1) is 31.2. The summed E-state index contributed by atoms with van der Waals surface area (Å²) < 4.78 is 5.46. The highest BCUT2D eigenvalue weighted by Crippen LogP contribution is 2.23. The zero-order valence-electron chi connectivity index (χ0n) is 51.6. The lowest BCUT2D eigenvalue weighted by molar-refractivity contribution is -0.127. The van der Waals surface area contributed by atoms with E-state index in [1.807, 2.05) is 104 Å². The maximum Gasteiger partial charge on any atom is 0.138 e. The van der Waals surface area contributed by atoms with Crippen molar-refractivity contribution in [3.63, 3.8) is 0 Å². The molecule has 0 amide bonds. The van der Waals surface area contributed by atoms with Crippen molar-refractivity contribution < 1.29 is 28.7 Å². The van der Waals surface area contributed by atoms with Crippen molar-refractivity contribution in [1.29, 1.82) is 0 Å². The van der Waals surface area contributed by atoms with E-state index in [0.29, 0.717) is 47.9 Å². The Morgan fingerprint density at radius 2 is 0.464 bits per heavy atom. The highest BCUT2D eigenvalue weighted by molar-refractivity contribution is 5.85. The van der Waals surface area contributed by atoms with Crippen LogP contribution in [-0.4, -0.2) is 42.1 Å². The molecule has 0 aliphatic heterocycles.